The Balaban J connectivity index is 1.43. The summed E-state index contributed by atoms with van der Waals surface area (Å²) in [6.07, 6.45) is 2.52. The van der Waals surface area contributed by atoms with Crippen molar-refractivity contribution < 1.29 is 14.3 Å². The van der Waals surface area contributed by atoms with Crippen molar-refractivity contribution in [2.24, 2.45) is 7.05 Å². The SMILES string of the molecule is CCN1CC[C@@]2(CCC1=O)C[C@@H](NC(=O)c1ccc3c(c1)nc(C)n3C)c1ccccc1O2. The number of rotatable bonds is 3. The van der Waals surface area contributed by atoms with Crippen LogP contribution in [0.5, 0.6) is 5.75 Å². The smallest absolute Gasteiger partial charge is 0.251 e. The van der Waals surface area contributed by atoms with Crippen molar-refractivity contribution in [1.29, 1.82) is 0 Å². The number of amides is 2. The molecule has 1 saturated heterocycles. The van der Waals surface area contributed by atoms with E-state index in [-0.39, 0.29) is 17.9 Å². The summed E-state index contributed by atoms with van der Waals surface area (Å²) in [6.45, 7) is 5.35. The summed E-state index contributed by atoms with van der Waals surface area (Å²) >= 11 is 0. The van der Waals surface area contributed by atoms with E-state index in [1.165, 1.54) is 0 Å². The molecule has 0 saturated carbocycles. The van der Waals surface area contributed by atoms with Crippen LogP contribution in [0.3, 0.4) is 0 Å². The number of fused-ring (bicyclic) bond motifs is 2. The van der Waals surface area contributed by atoms with Crippen molar-refractivity contribution in [2.45, 2.75) is 51.2 Å². The van der Waals surface area contributed by atoms with Gasteiger partial charge in [-0.05, 0) is 44.5 Å². The molecule has 1 N–H and O–H groups in total. The Kier molecular flexibility index (Phi) is 5.35. The third-order valence-electron chi connectivity index (χ3n) is 7.24. The van der Waals surface area contributed by atoms with Crippen molar-refractivity contribution in [3.8, 4) is 5.75 Å². The van der Waals surface area contributed by atoms with Gasteiger partial charge in [-0.15, -0.1) is 0 Å². The minimum atomic E-state index is -0.464. The maximum atomic E-state index is 13.3. The first-order chi connectivity index (χ1) is 15.9. The topological polar surface area (TPSA) is 76.5 Å². The van der Waals surface area contributed by atoms with Gasteiger partial charge in [-0.3, -0.25) is 9.59 Å². The van der Waals surface area contributed by atoms with Gasteiger partial charge < -0.3 is 19.5 Å². The molecule has 0 unspecified atom stereocenters. The Labute approximate surface area is 193 Å². The summed E-state index contributed by atoms with van der Waals surface area (Å²) in [5.74, 6) is 1.75. The number of aryl methyl sites for hydroxylation is 2. The molecule has 2 aliphatic heterocycles. The van der Waals surface area contributed by atoms with Crippen LogP contribution in [0.15, 0.2) is 42.5 Å². The van der Waals surface area contributed by atoms with E-state index >= 15 is 0 Å². The Morgan fingerprint density at radius 1 is 1.24 bits per heavy atom. The van der Waals surface area contributed by atoms with E-state index in [2.05, 4.69) is 10.3 Å². The van der Waals surface area contributed by atoms with E-state index in [1.807, 2.05) is 72.8 Å². The van der Waals surface area contributed by atoms with Gasteiger partial charge in [0.2, 0.25) is 5.91 Å². The van der Waals surface area contributed by atoms with Crippen LogP contribution in [0, 0.1) is 6.92 Å². The molecule has 0 radical (unpaired) electrons. The average molecular weight is 447 g/mol. The number of hydrogen-bond acceptors (Lipinski definition) is 4. The minimum absolute atomic E-state index is 0.128. The number of para-hydroxylation sites is 1. The van der Waals surface area contributed by atoms with Crippen LogP contribution in [0.2, 0.25) is 0 Å². The number of nitrogens with one attached hydrogen (secondary N) is 1. The van der Waals surface area contributed by atoms with E-state index in [0.717, 1.165) is 34.6 Å². The van der Waals surface area contributed by atoms with Gasteiger partial charge in [0, 0.05) is 50.5 Å². The van der Waals surface area contributed by atoms with E-state index in [0.29, 0.717) is 37.9 Å². The molecule has 33 heavy (non-hydrogen) atoms. The summed E-state index contributed by atoms with van der Waals surface area (Å²) in [5.41, 5.74) is 2.92. The third-order valence-corrected chi connectivity index (χ3v) is 7.24. The Morgan fingerprint density at radius 2 is 2.06 bits per heavy atom. The first kappa shape index (κ1) is 21.5. The van der Waals surface area contributed by atoms with Crippen molar-refractivity contribution in [1.82, 2.24) is 19.8 Å². The summed E-state index contributed by atoms with van der Waals surface area (Å²) in [7, 11) is 1.97. The fraction of sp³-hybridized carbons (Fsp3) is 0.423. The maximum Gasteiger partial charge on any atom is 0.251 e. The number of likely N-dealkylation sites (tertiary alicyclic amines) is 1. The molecule has 0 bridgehead atoms. The molecular formula is C26H30N4O3. The maximum absolute atomic E-state index is 13.3. The summed E-state index contributed by atoms with van der Waals surface area (Å²) < 4.78 is 8.55. The highest BCUT2D eigenvalue weighted by molar-refractivity contribution is 5.97. The second-order valence-electron chi connectivity index (χ2n) is 9.20. The average Bonchev–Trinajstić information content (AvgIpc) is 3.01. The van der Waals surface area contributed by atoms with Crippen molar-refractivity contribution in [3.63, 3.8) is 0 Å². The second kappa shape index (κ2) is 8.21. The third kappa shape index (κ3) is 3.86. The minimum Gasteiger partial charge on any atom is -0.487 e. The first-order valence-electron chi connectivity index (χ1n) is 11.7. The Hall–Kier alpha value is -3.35. The lowest BCUT2D eigenvalue weighted by Gasteiger charge is -2.42. The molecule has 3 aromatic rings. The van der Waals surface area contributed by atoms with Crippen LogP contribution < -0.4 is 10.1 Å². The van der Waals surface area contributed by atoms with Gasteiger partial charge in [0.05, 0.1) is 17.1 Å². The molecule has 1 spiro atoms. The number of imidazole rings is 1. The van der Waals surface area contributed by atoms with Gasteiger partial charge in [-0.1, -0.05) is 18.2 Å². The number of ether oxygens (including phenoxy) is 1. The lowest BCUT2D eigenvalue weighted by atomic mass is 9.82. The largest absolute Gasteiger partial charge is 0.487 e. The van der Waals surface area contributed by atoms with Crippen LogP contribution in [-0.2, 0) is 11.8 Å². The van der Waals surface area contributed by atoms with Gasteiger partial charge >= 0.3 is 0 Å². The lowest BCUT2D eigenvalue weighted by Crippen LogP contribution is -2.46. The molecule has 2 aromatic carbocycles. The van der Waals surface area contributed by atoms with Gasteiger partial charge in [0.15, 0.2) is 0 Å². The van der Waals surface area contributed by atoms with E-state index in [4.69, 9.17) is 4.74 Å². The van der Waals surface area contributed by atoms with Crippen LogP contribution in [0.1, 0.15) is 60.4 Å². The van der Waals surface area contributed by atoms with Gasteiger partial charge in [0.1, 0.15) is 17.2 Å². The monoisotopic (exact) mass is 446 g/mol. The highest BCUT2D eigenvalue weighted by Crippen LogP contribution is 2.44. The quantitative estimate of drug-likeness (QED) is 0.662. The molecule has 2 atom stereocenters. The molecule has 5 rings (SSSR count). The molecule has 3 heterocycles. The number of nitrogens with zero attached hydrogens (tertiary/aromatic N) is 3. The summed E-state index contributed by atoms with van der Waals surface area (Å²) in [6, 6.07) is 13.4. The Bertz CT molecular complexity index is 1230. The van der Waals surface area contributed by atoms with Crippen molar-refractivity contribution in [3.05, 3.63) is 59.4 Å². The molecule has 0 aliphatic carbocycles. The van der Waals surface area contributed by atoms with Gasteiger partial charge in [0.25, 0.3) is 5.91 Å². The van der Waals surface area contributed by atoms with Gasteiger partial charge in [-0.25, -0.2) is 4.98 Å². The Morgan fingerprint density at radius 3 is 2.88 bits per heavy atom. The fourth-order valence-corrected chi connectivity index (χ4v) is 5.17. The standard InChI is InChI=1S/C26H30N4O3/c1-4-30-14-13-26(12-11-24(30)31)16-21(19-7-5-6-8-23(19)33-26)28-25(32)18-9-10-22-20(15-18)27-17(2)29(22)3/h5-10,15,21H,4,11-14,16H2,1-3H3,(H,28,32)/t21-,26+/m1/s1. The number of hydrogen-bond donors (Lipinski definition) is 1. The van der Waals surface area contributed by atoms with E-state index in [9.17, 15) is 9.59 Å². The lowest BCUT2D eigenvalue weighted by molar-refractivity contribution is -0.130. The second-order valence-corrected chi connectivity index (χ2v) is 9.20. The number of benzene rings is 2. The fourth-order valence-electron chi connectivity index (χ4n) is 5.17. The molecule has 2 aliphatic rings. The normalized spacial score (nSPS) is 22.7. The molecule has 7 nitrogen and oxygen atoms in total. The predicted molar refractivity (Wildman–Crippen MR) is 126 cm³/mol. The molecular weight excluding hydrogens is 416 g/mol. The zero-order valence-electron chi connectivity index (χ0n) is 19.4. The molecule has 172 valence electrons. The number of carbonyl (C=O) groups excluding carboxylic acids is 2. The van der Waals surface area contributed by atoms with Gasteiger partial charge in [-0.2, -0.15) is 0 Å². The van der Waals surface area contributed by atoms with Crippen molar-refractivity contribution >= 4 is 22.8 Å². The first-order valence-corrected chi connectivity index (χ1v) is 11.7. The molecule has 1 aromatic heterocycles. The predicted octanol–water partition coefficient (Wildman–Crippen LogP) is 3.91. The van der Waals surface area contributed by atoms with Crippen LogP contribution >= 0.6 is 0 Å². The highest BCUT2D eigenvalue weighted by Gasteiger charge is 2.43. The van der Waals surface area contributed by atoms with Crippen LogP contribution in [0.25, 0.3) is 11.0 Å². The van der Waals surface area contributed by atoms with Crippen molar-refractivity contribution in [2.75, 3.05) is 13.1 Å². The highest BCUT2D eigenvalue weighted by atomic mass is 16.5. The van der Waals surface area contributed by atoms with Crippen LogP contribution in [0.4, 0.5) is 0 Å². The molecule has 1 fully saturated rings. The van der Waals surface area contributed by atoms with E-state index in [1.54, 1.807) is 0 Å². The number of aromatic nitrogens is 2. The molecule has 7 heteroatoms. The van der Waals surface area contributed by atoms with E-state index < -0.39 is 5.60 Å². The van der Waals surface area contributed by atoms with Crippen LogP contribution in [-0.4, -0.2) is 45.0 Å². The number of carbonyl (C=O) groups is 2. The molecule has 2 amide bonds. The zero-order chi connectivity index (χ0) is 23.2. The zero-order valence-corrected chi connectivity index (χ0v) is 19.4. The summed E-state index contributed by atoms with van der Waals surface area (Å²) in [4.78, 5) is 32.3. The summed E-state index contributed by atoms with van der Waals surface area (Å²) in [5, 5.41) is 3.25.